The number of aryl methyl sites for hydroxylation is 1. The van der Waals surface area contributed by atoms with Crippen LogP contribution >= 0.6 is 11.6 Å². The van der Waals surface area contributed by atoms with Crippen LogP contribution in [0.15, 0.2) is 42.5 Å². The largest absolute Gasteiger partial charge is 0.465 e. The lowest BCUT2D eigenvalue weighted by molar-refractivity contribution is -0.141. The van der Waals surface area contributed by atoms with E-state index in [1.54, 1.807) is 0 Å². The van der Waals surface area contributed by atoms with Gasteiger partial charge in [0.15, 0.2) is 0 Å². The maximum Gasteiger partial charge on any atom is 0.404 e. The second-order valence-electron chi connectivity index (χ2n) is 11.1. The minimum absolute atomic E-state index is 0.0420. The monoisotopic (exact) mass is 541 g/mol. The van der Waals surface area contributed by atoms with E-state index in [2.05, 4.69) is 17.4 Å². The van der Waals surface area contributed by atoms with Gasteiger partial charge in [-0.1, -0.05) is 53.6 Å². The zero-order valence-corrected chi connectivity index (χ0v) is 22.9. The molecule has 4 rings (SSSR count). The molecule has 1 saturated heterocycles. The molecule has 0 radical (unpaired) electrons. The van der Waals surface area contributed by atoms with Crippen molar-refractivity contribution in [1.82, 2.24) is 10.2 Å². The maximum atomic E-state index is 13.4. The lowest BCUT2D eigenvalue weighted by Crippen LogP contribution is -2.50. The third-order valence-electron chi connectivity index (χ3n) is 8.29. The molecule has 1 saturated carbocycles. The van der Waals surface area contributed by atoms with Crippen LogP contribution in [-0.4, -0.2) is 52.8 Å². The van der Waals surface area contributed by atoms with E-state index in [9.17, 15) is 14.7 Å². The fourth-order valence-corrected chi connectivity index (χ4v) is 6.59. The van der Waals surface area contributed by atoms with Gasteiger partial charge in [-0.25, -0.2) is 4.79 Å². The van der Waals surface area contributed by atoms with E-state index in [-0.39, 0.29) is 30.3 Å². The normalized spacial score (nSPS) is 23.2. The summed E-state index contributed by atoms with van der Waals surface area (Å²) in [6.45, 7) is 3.43. The number of carboxylic acid groups (broad SMARTS) is 1. The van der Waals surface area contributed by atoms with Gasteiger partial charge in [0.1, 0.15) is 0 Å². The number of benzene rings is 2. The standard InChI is InChI=1S/C30H40ClN3O4/c1-20-6-2-7-21(16-20)17-25-26(9-3-10-27(25)31)30(38,13-5-14-33-29(36)37)23-8-4-15-34(19-23)28(35)22-11-12-24(32)18-22/h2-3,6-7,9-10,16,22-24,33,38H,4-5,8,11-15,17-19,32H2,1H3,(H,36,37)/t22-,23-,24+,30?/m1/s1. The molecule has 4 atom stereocenters. The van der Waals surface area contributed by atoms with E-state index in [1.165, 1.54) is 0 Å². The van der Waals surface area contributed by atoms with Crippen molar-refractivity contribution in [2.75, 3.05) is 19.6 Å². The molecule has 2 aromatic rings. The summed E-state index contributed by atoms with van der Waals surface area (Å²) in [5.41, 5.74) is 8.72. The molecule has 1 aliphatic carbocycles. The fraction of sp³-hybridized carbons (Fsp3) is 0.533. The molecular formula is C30H40ClN3O4. The van der Waals surface area contributed by atoms with Crippen LogP contribution in [0, 0.1) is 18.8 Å². The Labute approximate surface area is 230 Å². The van der Waals surface area contributed by atoms with Gasteiger partial charge in [-0.15, -0.1) is 0 Å². The summed E-state index contributed by atoms with van der Waals surface area (Å²) in [5.74, 6) is -0.0990. The summed E-state index contributed by atoms with van der Waals surface area (Å²) < 4.78 is 0. The number of nitrogens with zero attached hydrogens (tertiary/aromatic N) is 1. The van der Waals surface area contributed by atoms with Gasteiger partial charge in [-0.3, -0.25) is 4.79 Å². The molecule has 0 aromatic heterocycles. The highest BCUT2D eigenvalue weighted by molar-refractivity contribution is 6.31. The molecule has 1 heterocycles. The second-order valence-corrected chi connectivity index (χ2v) is 11.5. The Hall–Kier alpha value is -2.61. The van der Waals surface area contributed by atoms with Crippen molar-refractivity contribution >= 4 is 23.6 Å². The summed E-state index contributed by atoms with van der Waals surface area (Å²) in [7, 11) is 0. The molecule has 2 aliphatic rings. The second kappa shape index (κ2) is 12.5. The average Bonchev–Trinajstić information content (AvgIpc) is 3.33. The van der Waals surface area contributed by atoms with Gasteiger partial charge in [0, 0.05) is 42.5 Å². The zero-order valence-electron chi connectivity index (χ0n) is 22.2. The van der Waals surface area contributed by atoms with Gasteiger partial charge in [0.05, 0.1) is 5.60 Å². The molecular weight excluding hydrogens is 502 g/mol. The molecule has 38 heavy (non-hydrogen) atoms. The molecule has 2 fully saturated rings. The molecule has 8 heteroatoms. The first kappa shape index (κ1) is 28.4. The van der Waals surface area contributed by atoms with E-state index in [0.717, 1.165) is 54.4 Å². The first-order chi connectivity index (χ1) is 18.2. The zero-order chi connectivity index (χ0) is 27.3. The van der Waals surface area contributed by atoms with Gasteiger partial charge in [-0.05, 0) is 81.0 Å². The highest BCUT2D eigenvalue weighted by Gasteiger charge is 2.43. The summed E-state index contributed by atoms with van der Waals surface area (Å²) >= 11 is 6.77. The van der Waals surface area contributed by atoms with E-state index >= 15 is 0 Å². The topological polar surface area (TPSA) is 116 Å². The number of piperidine rings is 1. The van der Waals surface area contributed by atoms with Crippen molar-refractivity contribution in [3.63, 3.8) is 0 Å². The van der Waals surface area contributed by atoms with E-state index in [0.29, 0.717) is 37.4 Å². The van der Waals surface area contributed by atoms with E-state index in [1.807, 2.05) is 42.2 Å². The van der Waals surface area contributed by atoms with E-state index < -0.39 is 11.7 Å². The number of hydrogen-bond donors (Lipinski definition) is 4. The Kier molecular flexibility index (Phi) is 9.34. The van der Waals surface area contributed by atoms with E-state index in [4.69, 9.17) is 22.4 Å². The highest BCUT2D eigenvalue weighted by Crippen LogP contribution is 2.43. The van der Waals surface area contributed by atoms with Crippen LogP contribution in [0.2, 0.25) is 5.02 Å². The molecule has 1 aliphatic heterocycles. The number of aliphatic hydroxyl groups is 1. The number of nitrogens with one attached hydrogen (secondary N) is 1. The number of nitrogens with two attached hydrogens (primary N) is 1. The van der Waals surface area contributed by atoms with Gasteiger partial charge in [-0.2, -0.15) is 0 Å². The maximum absolute atomic E-state index is 13.4. The van der Waals surface area contributed by atoms with Crippen molar-refractivity contribution in [3.8, 4) is 0 Å². The van der Waals surface area contributed by atoms with Crippen molar-refractivity contribution in [1.29, 1.82) is 0 Å². The van der Waals surface area contributed by atoms with Crippen LogP contribution in [0.5, 0.6) is 0 Å². The van der Waals surface area contributed by atoms with Crippen LogP contribution in [0.1, 0.15) is 67.2 Å². The first-order valence-electron chi connectivity index (χ1n) is 13.7. The molecule has 2 amide bonds. The average molecular weight is 542 g/mol. The predicted molar refractivity (Wildman–Crippen MR) is 149 cm³/mol. The SMILES string of the molecule is Cc1cccc(Cc2c(Cl)cccc2C(O)(CCCNC(=O)O)[C@@H]2CCCN(C(=O)[C@@H]3CC[C@H](N)C3)C2)c1. The molecule has 0 spiro atoms. The Balaban J connectivity index is 1.65. The summed E-state index contributed by atoms with van der Waals surface area (Å²) in [4.78, 5) is 26.3. The van der Waals surface area contributed by atoms with Crippen molar-refractivity contribution < 1.29 is 19.8 Å². The Morgan fingerprint density at radius 3 is 2.68 bits per heavy atom. The van der Waals surface area contributed by atoms with Crippen molar-refractivity contribution in [3.05, 3.63) is 69.7 Å². The van der Waals surface area contributed by atoms with Crippen molar-refractivity contribution in [2.24, 2.45) is 17.6 Å². The van der Waals surface area contributed by atoms with Crippen molar-refractivity contribution in [2.45, 2.75) is 69.9 Å². The van der Waals surface area contributed by atoms with Gasteiger partial charge in [0.25, 0.3) is 0 Å². The van der Waals surface area contributed by atoms with Crippen LogP contribution in [-0.2, 0) is 16.8 Å². The Bertz CT molecular complexity index is 1140. The Morgan fingerprint density at radius 2 is 1.97 bits per heavy atom. The first-order valence-corrected chi connectivity index (χ1v) is 14.1. The number of halogens is 1. The number of carbonyl (C=O) groups is 2. The highest BCUT2D eigenvalue weighted by atomic mass is 35.5. The van der Waals surface area contributed by atoms with Crippen LogP contribution in [0.4, 0.5) is 4.79 Å². The summed E-state index contributed by atoms with van der Waals surface area (Å²) in [6, 6.07) is 14.0. The fourth-order valence-electron chi connectivity index (χ4n) is 6.35. The number of likely N-dealkylation sites (tertiary alicyclic amines) is 1. The molecule has 7 nitrogen and oxygen atoms in total. The molecule has 2 aromatic carbocycles. The molecule has 1 unspecified atom stereocenters. The van der Waals surface area contributed by atoms with Crippen LogP contribution in [0.25, 0.3) is 0 Å². The quantitative estimate of drug-likeness (QED) is 0.339. The smallest absolute Gasteiger partial charge is 0.404 e. The minimum Gasteiger partial charge on any atom is -0.465 e. The lowest BCUT2D eigenvalue weighted by atomic mass is 9.72. The van der Waals surface area contributed by atoms with Gasteiger partial charge in [0.2, 0.25) is 5.91 Å². The number of hydrogen-bond acceptors (Lipinski definition) is 4. The summed E-state index contributed by atoms with van der Waals surface area (Å²) in [6.07, 6.45) is 4.30. The van der Waals surface area contributed by atoms with Gasteiger partial charge < -0.3 is 26.2 Å². The van der Waals surface area contributed by atoms with Crippen LogP contribution in [0.3, 0.4) is 0 Å². The number of amides is 2. The summed E-state index contributed by atoms with van der Waals surface area (Å²) in [5, 5.41) is 24.6. The van der Waals surface area contributed by atoms with Gasteiger partial charge >= 0.3 is 6.09 Å². The molecule has 206 valence electrons. The molecule has 0 bridgehead atoms. The number of carbonyl (C=O) groups excluding carboxylic acids is 1. The van der Waals surface area contributed by atoms with Crippen LogP contribution < -0.4 is 11.1 Å². The third kappa shape index (κ3) is 6.68. The third-order valence-corrected chi connectivity index (χ3v) is 8.64. The Morgan fingerprint density at radius 1 is 1.18 bits per heavy atom. The lowest BCUT2D eigenvalue weighted by Gasteiger charge is -2.44. The molecule has 5 N–H and O–H groups in total. The number of rotatable bonds is 9. The predicted octanol–water partition coefficient (Wildman–Crippen LogP) is 4.84. The minimum atomic E-state index is -1.27.